The molecule has 0 amide bonds. The number of ether oxygens (including phenoxy) is 1. The summed E-state index contributed by atoms with van der Waals surface area (Å²) in [6, 6.07) is 7.96. The molecule has 0 bridgehead atoms. The lowest BCUT2D eigenvalue weighted by Crippen LogP contribution is -2.16. The van der Waals surface area contributed by atoms with Gasteiger partial charge < -0.3 is 14.3 Å². The average Bonchev–Trinajstić information content (AvgIpc) is 2.97. The van der Waals surface area contributed by atoms with E-state index in [9.17, 15) is 13.2 Å². The molecule has 0 saturated carbocycles. The Kier molecular flexibility index (Phi) is 3.94. The maximum absolute atomic E-state index is 12.1. The van der Waals surface area contributed by atoms with Crippen LogP contribution in [-0.4, -0.2) is 26.7 Å². The van der Waals surface area contributed by atoms with E-state index in [1.807, 2.05) is 0 Å². The molecule has 0 aliphatic heterocycles. The van der Waals surface area contributed by atoms with Crippen molar-refractivity contribution in [2.45, 2.75) is 6.36 Å². The van der Waals surface area contributed by atoms with Crippen LogP contribution in [-0.2, 0) is 0 Å². The molecule has 3 aromatic rings. The zero-order valence-corrected chi connectivity index (χ0v) is 11.8. The van der Waals surface area contributed by atoms with E-state index in [0.29, 0.717) is 11.4 Å². The zero-order chi connectivity index (χ0) is 17.2. The molecule has 0 radical (unpaired) electrons. The number of benzene rings is 1. The number of aromatic hydroxyl groups is 1. The highest BCUT2D eigenvalue weighted by atomic mass is 19.4. The minimum Gasteiger partial charge on any atom is -0.506 e. The second-order valence-electron chi connectivity index (χ2n) is 4.51. The topological polar surface area (TPSA) is 93.3 Å². The fourth-order valence-electron chi connectivity index (χ4n) is 1.76. The molecule has 0 aliphatic rings. The van der Waals surface area contributed by atoms with Crippen molar-refractivity contribution in [3.63, 3.8) is 0 Å². The highest BCUT2D eigenvalue weighted by Crippen LogP contribution is 2.27. The van der Waals surface area contributed by atoms with Gasteiger partial charge in [0.2, 0.25) is 5.89 Å². The van der Waals surface area contributed by atoms with E-state index in [-0.39, 0.29) is 23.4 Å². The Morgan fingerprint density at radius 1 is 1.04 bits per heavy atom. The van der Waals surface area contributed by atoms with E-state index >= 15 is 0 Å². The van der Waals surface area contributed by atoms with Crippen molar-refractivity contribution in [2.24, 2.45) is 0 Å². The van der Waals surface area contributed by atoms with E-state index in [1.165, 1.54) is 30.5 Å². The van der Waals surface area contributed by atoms with Crippen LogP contribution in [0.15, 0.2) is 47.0 Å². The first-order valence-electron chi connectivity index (χ1n) is 6.51. The summed E-state index contributed by atoms with van der Waals surface area (Å²) in [7, 11) is 0. The molecular weight excluding hydrogens is 329 g/mol. The quantitative estimate of drug-likeness (QED) is 0.752. The molecule has 0 saturated heterocycles. The Labute approximate surface area is 132 Å². The van der Waals surface area contributed by atoms with Gasteiger partial charge >= 0.3 is 12.4 Å². The number of anilines is 2. The summed E-state index contributed by atoms with van der Waals surface area (Å²) >= 11 is 0. The molecule has 124 valence electrons. The summed E-state index contributed by atoms with van der Waals surface area (Å²) in [6.45, 7) is 0. The predicted octanol–water partition coefficient (Wildman–Crippen LogP) is 3.48. The van der Waals surface area contributed by atoms with Gasteiger partial charge in [-0.05, 0) is 36.4 Å². The van der Waals surface area contributed by atoms with Gasteiger partial charge in [0.05, 0.1) is 6.20 Å². The third-order valence-electron chi connectivity index (χ3n) is 2.74. The zero-order valence-electron chi connectivity index (χ0n) is 11.8. The van der Waals surface area contributed by atoms with Crippen molar-refractivity contribution in [2.75, 3.05) is 5.32 Å². The number of hydrogen-bond donors (Lipinski definition) is 2. The smallest absolute Gasteiger partial charge is 0.506 e. The molecule has 3 rings (SSSR count). The SMILES string of the molecule is Oc1ccc(Nc2nnc(-c3ccc(OC(F)(F)F)cc3)o2)nc1. The third-order valence-corrected chi connectivity index (χ3v) is 2.74. The van der Waals surface area contributed by atoms with Gasteiger partial charge in [-0.25, -0.2) is 4.98 Å². The molecule has 1 aromatic carbocycles. The third kappa shape index (κ3) is 3.91. The number of aromatic nitrogens is 3. The Hall–Kier alpha value is -3.30. The molecule has 24 heavy (non-hydrogen) atoms. The summed E-state index contributed by atoms with van der Waals surface area (Å²) in [5, 5.41) is 19.4. The van der Waals surface area contributed by atoms with Gasteiger partial charge in [-0.1, -0.05) is 5.10 Å². The maximum atomic E-state index is 12.1. The van der Waals surface area contributed by atoms with Crippen molar-refractivity contribution in [1.82, 2.24) is 15.2 Å². The van der Waals surface area contributed by atoms with Crippen molar-refractivity contribution >= 4 is 11.8 Å². The molecule has 0 fully saturated rings. The van der Waals surface area contributed by atoms with Crippen molar-refractivity contribution in [3.05, 3.63) is 42.6 Å². The van der Waals surface area contributed by atoms with Crippen LogP contribution < -0.4 is 10.1 Å². The van der Waals surface area contributed by atoms with Crippen LogP contribution >= 0.6 is 0 Å². The molecule has 0 unspecified atom stereocenters. The largest absolute Gasteiger partial charge is 0.573 e. The summed E-state index contributed by atoms with van der Waals surface area (Å²) in [5.41, 5.74) is 0.420. The second-order valence-corrected chi connectivity index (χ2v) is 4.51. The van der Waals surface area contributed by atoms with E-state index in [4.69, 9.17) is 9.52 Å². The molecule has 0 aliphatic carbocycles. The summed E-state index contributed by atoms with van der Waals surface area (Å²) in [6.07, 6.45) is -3.51. The molecule has 2 N–H and O–H groups in total. The van der Waals surface area contributed by atoms with Crippen LogP contribution in [0.25, 0.3) is 11.5 Å². The van der Waals surface area contributed by atoms with Gasteiger partial charge in [-0.15, -0.1) is 18.3 Å². The Morgan fingerprint density at radius 2 is 1.79 bits per heavy atom. The first kappa shape index (κ1) is 15.6. The number of halogens is 3. The number of rotatable bonds is 4. The molecule has 2 aromatic heterocycles. The van der Waals surface area contributed by atoms with Gasteiger partial charge in [0.25, 0.3) is 0 Å². The predicted molar refractivity (Wildman–Crippen MR) is 75.6 cm³/mol. The fraction of sp³-hybridized carbons (Fsp3) is 0.0714. The van der Waals surface area contributed by atoms with Crippen LogP contribution in [0.2, 0.25) is 0 Å². The number of hydrogen-bond acceptors (Lipinski definition) is 7. The van der Waals surface area contributed by atoms with E-state index < -0.39 is 6.36 Å². The molecule has 0 atom stereocenters. The number of nitrogens with zero attached hydrogens (tertiary/aromatic N) is 3. The summed E-state index contributed by atoms with van der Waals surface area (Å²) < 4.78 is 45.4. The van der Waals surface area contributed by atoms with Crippen LogP contribution in [0.4, 0.5) is 25.0 Å². The van der Waals surface area contributed by atoms with Gasteiger partial charge in [-0.2, -0.15) is 0 Å². The van der Waals surface area contributed by atoms with Gasteiger partial charge in [-0.3, -0.25) is 5.32 Å². The van der Waals surface area contributed by atoms with Crippen LogP contribution in [0.1, 0.15) is 0 Å². The molecule has 10 heteroatoms. The van der Waals surface area contributed by atoms with Gasteiger partial charge in [0.15, 0.2) is 0 Å². The van der Waals surface area contributed by atoms with Crippen molar-refractivity contribution in [1.29, 1.82) is 0 Å². The van der Waals surface area contributed by atoms with Gasteiger partial charge in [0, 0.05) is 5.56 Å². The number of nitrogens with one attached hydrogen (secondary N) is 1. The lowest BCUT2D eigenvalue weighted by molar-refractivity contribution is -0.274. The standard InChI is InChI=1S/C14H9F3N4O3/c15-14(16,17)24-10-4-1-8(2-5-10)12-20-21-13(23-12)19-11-6-3-9(22)7-18-11/h1-7,22H,(H,18,19,21). The minimum atomic E-state index is -4.75. The highest BCUT2D eigenvalue weighted by Gasteiger charge is 2.31. The monoisotopic (exact) mass is 338 g/mol. The van der Waals surface area contributed by atoms with E-state index in [1.54, 1.807) is 0 Å². The first-order valence-corrected chi connectivity index (χ1v) is 6.51. The van der Waals surface area contributed by atoms with Crippen molar-refractivity contribution < 1.29 is 27.4 Å². The first-order chi connectivity index (χ1) is 11.4. The molecule has 7 nitrogen and oxygen atoms in total. The van der Waals surface area contributed by atoms with Crippen LogP contribution in [0.3, 0.4) is 0 Å². The van der Waals surface area contributed by atoms with E-state index in [0.717, 1.165) is 12.1 Å². The maximum Gasteiger partial charge on any atom is 0.573 e. The van der Waals surface area contributed by atoms with Crippen LogP contribution in [0.5, 0.6) is 11.5 Å². The number of alkyl halides is 3. The summed E-state index contributed by atoms with van der Waals surface area (Å²) in [5.74, 6) is 0.136. The Balaban J connectivity index is 1.72. The Morgan fingerprint density at radius 3 is 2.42 bits per heavy atom. The van der Waals surface area contributed by atoms with Gasteiger partial charge in [0.1, 0.15) is 17.3 Å². The second kappa shape index (κ2) is 6.07. The lowest BCUT2D eigenvalue weighted by Gasteiger charge is -2.08. The molecular formula is C14H9F3N4O3. The highest BCUT2D eigenvalue weighted by molar-refractivity contribution is 5.56. The van der Waals surface area contributed by atoms with Crippen LogP contribution in [0, 0.1) is 0 Å². The molecule has 2 heterocycles. The lowest BCUT2D eigenvalue weighted by atomic mass is 10.2. The summed E-state index contributed by atoms with van der Waals surface area (Å²) in [4.78, 5) is 3.89. The molecule has 0 spiro atoms. The average molecular weight is 338 g/mol. The number of pyridine rings is 1. The van der Waals surface area contributed by atoms with Crippen molar-refractivity contribution in [3.8, 4) is 23.0 Å². The normalized spacial score (nSPS) is 11.3. The minimum absolute atomic E-state index is 0.00735. The Bertz CT molecular complexity index is 817. The fourth-order valence-corrected chi connectivity index (χ4v) is 1.76. The van der Waals surface area contributed by atoms with E-state index in [2.05, 4.69) is 25.2 Å².